The minimum Gasteiger partial charge on any atom is -0.347 e. The molecular formula is C13H16FNO. The zero-order valence-corrected chi connectivity index (χ0v) is 9.64. The molecular weight excluding hydrogens is 205 g/mol. The lowest BCUT2D eigenvalue weighted by atomic mass is 9.78. The number of carbonyl (C=O) groups excluding carboxylic acids is 1. The molecule has 0 aromatic heterocycles. The zero-order chi connectivity index (χ0) is 11.8. The van der Waals surface area contributed by atoms with Gasteiger partial charge in [0.2, 0.25) is 0 Å². The minimum absolute atomic E-state index is 0.131. The van der Waals surface area contributed by atoms with Crippen LogP contribution >= 0.6 is 0 Å². The van der Waals surface area contributed by atoms with Crippen molar-refractivity contribution in [2.24, 2.45) is 0 Å². The lowest BCUT2D eigenvalue weighted by molar-refractivity contribution is 0.0846. The van der Waals surface area contributed by atoms with Gasteiger partial charge in [0, 0.05) is 5.54 Å². The zero-order valence-electron chi connectivity index (χ0n) is 9.64. The van der Waals surface area contributed by atoms with E-state index in [0.717, 1.165) is 24.8 Å². The standard InChI is InChI=1S/C13H16FNO/c1-9-4-5-10(11(14)8-9)12(16)15-13(2)6-3-7-13/h4-5,8H,3,6-7H2,1-2H3,(H,15,16). The van der Waals surface area contributed by atoms with Gasteiger partial charge in [-0.05, 0) is 50.8 Å². The van der Waals surface area contributed by atoms with Gasteiger partial charge in [-0.2, -0.15) is 0 Å². The number of aryl methyl sites for hydroxylation is 1. The predicted molar refractivity (Wildman–Crippen MR) is 60.9 cm³/mol. The molecule has 16 heavy (non-hydrogen) atoms. The molecule has 86 valence electrons. The first kappa shape index (κ1) is 11.1. The first-order valence-electron chi connectivity index (χ1n) is 5.59. The second-order valence-corrected chi connectivity index (χ2v) is 4.85. The third kappa shape index (κ3) is 2.08. The van der Waals surface area contributed by atoms with Crippen LogP contribution in [0.3, 0.4) is 0 Å². The summed E-state index contributed by atoms with van der Waals surface area (Å²) < 4.78 is 13.5. The van der Waals surface area contributed by atoms with Crippen molar-refractivity contribution in [1.82, 2.24) is 5.32 Å². The molecule has 1 aromatic rings. The summed E-state index contributed by atoms with van der Waals surface area (Å²) in [5.74, 6) is -0.750. The van der Waals surface area contributed by atoms with E-state index in [2.05, 4.69) is 5.32 Å². The SMILES string of the molecule is Cc1ccc(C(=O)NC2(C)CCC2)c(F)c1. The fourth-order valence-electron chi connectivity index (χ4n) is 1.98. The van der Waals surface area contributed by atoms with Gasteiger partial charge in [-0.3, -0.25) is 4.79 Å². The maximum absolute atomic E-state index is 13.5. The van der Waals surface area contributed by atoms with E-state index >= 15 is 0 Å². The Labute approximate surface area is 94.9 Å². The first-order chi connectivity index (χ1) is 7.50. The van der Waals surface area contributed by atoms with Gasteiger partial charge in [-0.1, -0.05) is 6.07 Å². The fourth-order valence-corrected chi connectivity index (χ4v) is 1.98. The summed E-state index contributed by atoms with van der Waals surface area (Å²) in [5.41, 5.74) is 0.830. The van der Waals surface area contributed by atoms with Crippen LogP contribution in [0.4, 0.5) is 4.39 Å². The molecule has 2 nitrogen and oxygen atoms in total. The van der Waals surface area contributed by atoms with Crippen LogP contribution in [-0.2, 0) is 0 Å². The van der Waals surface area contributed by atoms with Gasteiger partial charge < -0.3 is 5.32 Å². The summed E-state index contributed by atoms with van der Waals surface area (Å²) in [6, 6.07) is 4.68. The highest BCUT2D eigenvalue weighted by Crippen LogP contribution is 2.31. The van der Waals surface area contributed by atoms with E-state index in [1.807, 2.05) is 6.92 Å². The molecule has 0 unspecified atom stereocenters. The maximum atomic E-state index is 13.5. The molecule has 0 radical (unpaired) electrons. The molecule has 1 fully saturated rings. The van der Waals surface area contributed by atoms with Crippen LogP contribution in [0.2, 0.25) is 0 Å². The summed E-state index contributed by atoms with van der Waals surface area (Å²) in [6.45, 7) is 3.80. The maximum Gasteiger partial charge on any atom is 0.254 e. The van der Waals surface area contributed by atoms with E-state index in [1.54, 1.807) is 19.1 Å². The Morgan fingerprint density at radius 2 is 2.12 bits per heavy atom. The quantitative estimate of drug-likeness (QED) is 0.817. The van der Waals surface area contributed by atoms with Crippen molar-refractivity contribution in [3.05, 3.63) is 35.1 Å². The van der Waals surface area contributed by atoms with Crippen LogP contribution in [0, 0.1) is 12.7 Å². The second-order valence-electron chi connectivity index (χ2n) is 4.85. The number of rotatable bonds is 2. The number of benzene rings is 1. The summed E-state index contributed by atoms with van der Waals surface area (Å²) >= 11 is 0. The Balaban J connectivity index is 2.14. The van der Waals surface area contributed by atoms with E-state index < -0.39 is 5.82 Å². The fraction of sp³-hybridized carbons (Fsp3) is 0.462. The van der Waals surface area contributed by atoms with Crippen molar-refractivity contribution < 1.29 is 9.18 Å². The summed E-state index contributed by atoms with van der Waals surface area (Å²) in [7, 11) is 0. The molecule has 1 saturated carbocycles. The van der Waals surface area contributed by atoms with Gasteiger partial charge in [-0.25, -0.2) is 4.39 Å². The van der Waals surface area contributed by atoms with Gasteiger partial charge in [0.05, 0.1) is 5.56 Å². The Hall–Kier alpha value is -1.38. The monoisotopic (exact) mass is 221 g/mol. The molecule has 1 aromatic carbocycles. The topological polar surface area (TPSA) is 29.1 Å². The first-order valence-corrected chi connectivity index (χ1v) is 5.59. The van der Waals surface area contributed by atoms with Crippen molar-refractivity contribution in [1.29, 1.82) is 0 Å². The molecule has 1 aliphatic rings. The smallest absolute Gasteiger partial charge is 0.254 e. The van der Waals surface area contributed by atoms with Crippen molar-refractivity contribution in [2.45, 2.75) is 38.6 Å². The molecule has 1 N–H and O–H groups in total. The van der Waals surface area contributed by atoms with Gasteiger partial charge in [0.25, 0.3) is 5.91 Å². The molecule has 0 spiro atoms. The van der Waals surface area contributed by atoms with E-state index in [0.29, 0.717) is 0 Å². The Bertz CT molecular complexity index is 424. The van der Waals surface area contributed by atoms with Gasteiger partial charge in [-0.15, -0.1) is 0 Å². The average molecular weight is 221 g/mol. The van der Waals surface area contributed by atoms with E-state index in [9.17, 15) is 9.18 Å². The van der Waals surface area contributed by atoms with Gasteiger partial charge in [0.1, 0.15) is 5.82 Å². The van der Waals surface area contributed by atoms with Crippen molar-refractivity contribution in [3.63, 3.8) is 0 Å². The van der Waals surface area contributed by atoms with E-state index in [-0.39, 0.29) is 17.0 Å². The Morgan fingerprint density at radius 1 is 1.44 bits per heavy atom. The molecule has 0 heterocycles. The van der Waals surface area contributed by atoms with Gasteiger partial charge >= 0.3 is 0 Å². The Morgan fingerprint density at radius 3 is 2.62 bits per heavy atom. The molecule has 1 amide bonds. The minimum atomic E-state index is -0.444. The normalized spacial score (nSPS) is 17.7. The summed E-state index contributed by atoms with van der Waals surface area (Å²) in [4.78, 5) is 11.8. The summed E-state index contributed by atoms with van der Waals surface area (Å²) in [6.07, 6.45) is 3.09. The average Bonchev–Trinajstić information content (AvgIpc) is 2.14. The number of nitrogens with one attached hydrogen (secondary N) is 1. The molecule has 0 saturated heterocycles. The second kappa shape index (κ2) is 3.89. The van der Waals surface area contributed by atoms with E-state index in [4.69, 9.17) is 0 Å². The van der Waals surface area contributed by atoms with Crippen molar-refractivity contribution in [3.8, 4) is 0 Å². The highest BCUT2D eigenvalue weighted by molar-refractivity contribution is 5.95. The van der Waals surface area contributed by atoms with Crippen LogP contribution in [0.15, 0.2) is 18.2 Å². The third-order valence-corrected chi connectivity index (χ3v) is 3.24. The highest BCUT2D eigenvalue weighted by atomic mass is 19.1. The highest BCUT2D eigenvalue weighted by Gasteiger charge is 2.33. The van der Waals surface area contributed by atoms with Crippen molar-refractivity contribution >= 4 is 5.91 Å². The van der Waals surface area contributed by atoms with Gasteiger partial charge in [0.15, 0.2) is 0 Å². The van der Waals surface area contributed by atoms with Crippen LogP contribution in [0.1, 0.15) is 42.1 Å². The largest absolute Gasteiger partial charge is 0.347 e. The lowest BCUT2D eigenvalue weighted by Gasteiger charge is -2.39. The number of hydrogen-bond acceptors (Lipinski definition) is 1. The van der Waals surface area contributed by atoms with Crippen LogP contribution in [-0.4, -0.2) is 11.4 Å². The molecule has 3 heteroatoms. The molecule has 0 bridgehead atoms. The molecule has 0 aliphatic heterocycles. The Kier molecular flexibility index (Phi) is 2.70. The third-order valence-electron chi connectivity index (χ3n) is 3.24. The number of halogens is 1. The van der Waals surface area contributed by atoms with Crippen molar-refractivity contribution in [2.75, 3.05) is 0 Å². The van der Waals surface area contributed by atoms with Crippen LogP contribution in [0.5, 0.6) is 0 Å². The summed E-state index contributed by atoms with van der Waals surface area (Å²) in [5, 5.41) is 2.89. The van der Waals surface area contributed by atoms with E-state index in [1.165, 1.54) is 6.07 Å². The predicted octanol–water partition coefficient (Wildman–Crippen LogP) is 2.81. The molecule has 0 atom stereocenters. The number of amides is 1. The van der Waals surface area contributed by atoms with Crippen LogP contribution < -0.4 is 5.32 Å². The van der Waals surface area contributed by atoms with Crippen LogP contribution in [0.25, 0.3) is 0 Å². The molecule has 1 aliphatic carbocycles. The molecule has 2 rings (SSSR count). The number of carbonyl (C=O) groups is 1. The lowest BCUT2D eigenvalue weighted by Crippen LogP contribution is -2.51. The number of hydrogen-bond donors (Lipinski definition) is 1.